The fraction of sp³-hybridized carbons (Fsp3) is 0.250. The van der Waals surface area contributed by atoms with Crippen LogP contribution in [0.3, 0.4) is 0 Å². The summed E-state index contributed by atoms with van der Waals surface area (Å²) < 4.78 is 0. The SMILES string of the molecule is CC(C)c1ccc(N)cc1-c1ccc(-c2cc(N)ccc2C(C)C)cc1. The molecule has 0 aromatic heterocycles. The third kappa shape index (κ3) is 3.60. The first kappa shape index (κ1) is 18.1. The summed E-state index contributed by atoms with van der Waals surface area (Å²) in [4.78, 5) is 0. The monoisotopic (exact) mass is 344 g/mol. The molecule has 0 spiro atoms. The Morgan fingerprint density at radius 1 is 0.538 bits per heavy atom. The third-order valence-electron chi connectivity index (χ3n) is 4.91. The molecule has 4 N–H and O–H groups in total. The van der Waals surface area contributed by atoms with Crippen LogP contribution in [0.15, 0.2) is 60.7 Å². The molecule has 0 aliphatic carbocycles. The summed E-state index contributed by atoms with van der Waals surface area (Å²) in [5, 5.41) is 0. The largest absolute Gasteiger partial charge is 0.399 e. The van der Waals surface area contributed by atoms with Crippen molar-refractivity contribution in [1.82, 2.24) is 0 Å². The lowest BCUT2D eigenvalue weighted by Crippen LogP contribution is -1.96. The zero-order chi connectivity index (χ0) is 18.8. The summed E-state index contributed by atoms with van der Waals surface area (Å²) in [7, 11) is 0. The quantitative estimate of drug-likeness (QED) is 0.536. The van der Waals surface area contributed by atoms with Crippen LogP contribution >= 0.6 is 0 Å². The maximum atomic E-state index is 6.04. The normalized spacial score (nSPS) is 11.3. The Morgan fingerprint density at radius 2 is 0.885 bits per heavy atom. The van der Waals surface area contributed by atoms with Gasteiger partial charge in [-0.25, -0.2) is 0 Å². The molecule has 0 atom stereocenters. The number of nitrogens with two attached hydrogens (primary N) is 2. The van der Waals surface area contributed by atoms with Crippen LogP contribution in [0.25, 0.3) is 22.3 Å². The number of rotatable bonds is 4. The molecule has 0 saturated heterocycles. The van der Waals surface area contributed by atoms with E-state index in [2.05, 4.69) is 76.2 Å². The highest BCUT2D eigenvalue weighted by Gasteiger charge is 2.12. The first-order valence-corrected chi connectivity index (χ1v) is 9.26. The van der Waals surface area contributed by atoms with Gasteiger partial charge in [0, 0.05) is 11.4 Å². The van der Waals surface area contributed by atoms with E-state index < -0.39 is 0 Å². The number of hydrogen-bond acceptors (Lipinski definition) is 2. The van der Waals surface area contributed by atoms with Crippen molar-refractivity contribution < 1.29 is 0 Å². The highest BCUT2D eigenvalue weighted by atomic mass is 14.5. The molecule has 2 nitrogen and oxygen atoms in total. The zero-order valence-corrected chi connectivity index (χ0v) is 16.1. The molecule has 3 aromatic carbocycles. The van der Waals surface area contributed by atoms with E-state index >= 15 is 0 Å². The minimum absolute atomic E-state index is 0.451. The third-order valence-corrected chi connectivity index (χ3v) is 4.91. The van der Waals surface area contributed by atoms with Crippen molar-refractivity contribution in [2.75, 3.05) is 11.5 Å². The van der Waals surface area contributed by atoms with Gasteiger partial charge in [0.15, 0.2) is 0 Å². The minimum Gasteiger partial charge on any atom is -0.399 e. The summed E-state index contributed by atoms with van der Waals surface area (Å²) in [6.07, 6.45) is 0. The van der Waals surface area contributed by atoms with Gasteiger partial charge in [0.1, 0.15) is 0 Å². The van der Waals surface area contributed by atoms with Crippen molar-refractivity contribution in [3.8, 4) is 22.3 Å². The van der Waals surface area contributed by atoms with E-state index in [0.29, 0.717) is 11.8 Å². The van der Waals surface area contributed by atoms with Crippen molar-refractivity contribution in [2.45, 2.75) is 39.5 Å². The Hall–Kier alpha value is -2.74. The predicted octanol–water partition coefficient (Wildman–Crippen LogP) is 6.43. The summed E-state index contributed by atoms with van der Waals surface area (Å²) in [5.41, 5.74) is 21.1. The van der Waals surface area contributed by atoms with Crippen molar-refractivity contribution in [1.29, 1.82) is 0 Å². The van der Waals surface area contributed by atoms with Crippen molar-refractivity contribution in [3.05, 3.63) is 71.8 Å². The van der Waals surface area contributed by atoms with E-state index in [1.807, 2.05) is 12.1 Å². The minimum atomic E-state index is 0.451. The van der Waals surface area contributed by atoms with Crippen LogP contribution in [0.1, 0.15) is 50.7 Å². The summed E-state index contributed by atoms with van der Waals surface area (Å²) in [5.74, 6) is 0.901. The second-order valence-electron chi connectivity index (χ2n) is 7.58. The second-order valence-corrected chi connectivity index (χ2v) is 7.58. The smallest absolute Gasteiger partial charge is 0.0320 e. The molecule has 0 radical (unpaired) electrons. The fourth-order valence-electron chi connectivity index (χ4n) is 3.48. The molecule has 0 unspecified atom stereocenters. The highest BCUT2D eigenvalue weighted by molar-refractivity contribution is 5.77. The number of nitrogen functional groups attached to an aromatic ring is 2. The van der Waals surface area contributed by atoms with Crippen LogP contribution in [-0.4, -0.2) is 0 Å². The molecule has 0 aliphatic rings. The van der Waals surface area contributed by atoms with Crippen LogP contribution in [-0.2, 0) is 0 Å². The first-order valence-electron chi connectivity index (χ1n) is 9.26. The van der Waals surface area contributed by atoms with Gasteiger partial charge in [-0.1, -0.05) is 64.1 Å². The van der Waals surface area contributed by atoms with E-state index in [-0.39, 0.29) is 0 Å². The Labute approximate surface area is 156 Å². The van der Waals surface area contributed by atoms with Gasteiger partial charge < -0.3 is 11.5 Å². The molecule has 0 bridgehead atoms. The summed E-state index contributed by atoms with van der Waals surface area (Å²) in [6, 6.07) is 21.1. The maximum absolute atomic E-state index is 6.04. The van der Waals surface area contributed by atoms with Gasteiger partial charge in [0.25, 0.3) is 0 Å². The summed E-state index contributed by atoms with van der Waals surface area (Å²) in [6.45, 7) is 8.85. The molecule has 26 heavy (non-hydrogen) atoms. The molecular weight excluding hydrogens is 316 g/mol. The van der Waals surface area contributed by atoms with E-state index in [4.69, 9.17) is 11.5 Å². The number of benzene rings is 3. The lowest BCUT2D eigenvalue weighted by atomic mass is 9.89. The van der Waals surface area contributed by atoms with Crippen molar-refractivity contribution in [3.63, 3.8) is 0 Å². The predicted molar refractivity (Wildman–Crippen MR) is 114 cm³/mol. The average Bonchev–Trinajstić information content (AvgIpc) is 2.61. The topological polar surface area (TPSA) is 52.0 Å². The lowest BCUT2D eigenvalue weighted by molar-refractivity contribution is 0.869. The Balaban J connectivity index is 2.06. The van der Waals surface area contributed by atoms with E-state index in [9.17, 15) is 0 Å². The van der Waals surface area contributed by atoms with Crippen LogP contribution in [0.4, 0.5) is 11.4 Å². The van der Waals surface area contributed by atoms with Crippen molar-refractivity contribution in [2.24, 2.45) is 0 Å². The first-order chi connectivity index (χ1) is 12.4. The molecule has 3 rings (SSSR count). The zero-order valence-electron chi connectivity index (χ0n) is 16.1. The number of anilines is 2. The highest BCUT2D eigenvalue weighted by Crippen LogP contribution is 2.35. The Kier molecular flexibility index (Phi) is 5.03. The standard InChI is InChI=1S/C24H28N2/c1-15(2)21-11-9-19(25)13-23(21)17-5-7-18(8-6-17)24-14-20(26)10-12-22(24)16(3)4/h5-16H,25-26H2,1-4H3. The van der Waals surface area contributed by atoms with Crippen LogP contribution in [0, 0.1) is 0 Å². The molecule has 0 amide bonds. The van der Waals surface area contributed by atoms with Crippen molar-refractivity contribution >= 4 is 11.4 Å². The van der Waals surface area contributed by atoms with Gasteiger partial charge in [-0.05, 0) is 69.5 Å². The summed E-state index contributed by atoms with van der Waals surface area (Å²) >= 11 is 0. The maximum Gasteiger partial charge on any atom is 0.0320 e. The molecular formula is C24H28N2. The Bertz CT molecular complexity index is 829. The average molecular weight is 345 g/mol. The van der Waals surface area contributed by atoms with Crippen LogP contribution in [0.2, 0.25) is 0 Å². The van der Waals surface area contributed by atoms with E-state index in [1.54, 1.807) is 0 Å². The van der Waals surface area contributed by atoms with E-state index in [1.165, 1.54) is 33.4 Å². The second kappa shape index (κ2) is 7.25. The molecule has 0 heterocycles. The number of hydrogen-bond donors (Lipinski definition) is 2. The van der Waals surface area contributed by atoms with Gasteiger partial charge in [0.05, 0.1) is 0 Å². The fourth-order valence-corrected chi connectivity index (χ4v) is 3.48. The Morgan fingerprint density at radius 3 is 1.19 bits per heavy atom. The van der Waals surface area contributed by atoms with Gasteiger partial charge in [-0.3, -0.25) is 0 Å². The van der Waals surface area contributed by atoms with Gasteiger partial charge in [-0.15, -0.1) is 0 Å². The molecule has 3 aromatic rings. The molecule has 0 fully saturated rings. The van der Waals surface area contributed by atoms with Crippen LogP contribution < -0.4 is 11.5 Å². The van der Waals surface area contributed by atoms with Gasteiger partial charge in [0.2, 0.25) is 0 Å². The van der Waals surface area contributed by atoms with E-state index in [0.717, 1.165) is 11.4 Å². The van der Waals surface area contributed by atoms with Gasteiger partial charge in [-0.2, -0.15) is 0 Å². The molecule has 0 saturated carbocycles. The lowest BCUT2D eigenvalue weighted by Gasteiger charge is -2.16. The van der Waals surface area contributed by atoms with Gasteiger partial charge >= 0.3 is 0 Å². The molecule has 0 aliphatic heterocycles. The molecule has 2 heteroatoms. The van der Waals surface area contributed by atoms with Crippen LogP contribution in [0.5, 0.6) is 0 Å². The molecule has 134 valence electrons.